The Morgan fingerprint density at radius 1 is 1.00 bits per heavy atom. The molecule has 0 atom stereocenters. The lowest BCUT2D eigenvalue weighted by Crippen LogP contribution is -1.91. The summed E-state index contributed by atoms with van der Waals surface area (Å²) in [6, 6.07) is 8.08. The number of pyridine rings is 1. The van der Waals surface area contributed by atoms with Crippen LogP contribution in [0.1, 0.15) is 22.3 Å². The first-order chi connectivity index (χ1) is 7.66. The first kappa shape index (κ1) is 10.7. The molecule has 16 heavy (non-hydrogen) atoms. The Kier molecular flexibility index (Phi) is 2.91. The molecule has 82 valence electrons. The van der Waals surface area contributed by atoms with E-state index in [0.717, 1.165) is 17.5 Å². The number of rotatable bonds is 2. The molecule has 1 aromatic heterocycles. The zero-order chi connectivity index (χ0) is 11.5. The third-order valence-electron chi connectivity index (χ3n) is 2.71. The van der Waals surface area contributed by atoms with E-state index in [1.54, 1.807) is 12.4 Å². The smallest absolute Gasteiger partial charge is 0.121 e. The maximum absolute atomic E-state index is 9.69. The van der Waals surface area contributed by atoms with Gasteiger partial charge in [-0.2, -0.15) is 0 Å². The number of aromatic nitrogens is 1. The van der Waals surface area contributed by atoms with Crippen molar-refractivity contribution < 1.29 is 5.11 Å². The van der Waals surface area contributed by atoms with E-state index < -0.39 is 0 Å². The van der Waals surface area contributed by atoms with Gasteiger partial charge in [0.2, 0.25) is 0 Å². The van der Waals surface area contributed by atoms with E-state index in [-0.39, 0.29) is 0 Å². The molecule has 1 heterocycles. The van der Waals surface area contributed by atoms with Crippen molar-refractivity contribution in [3.63, 3.8) is 0 Å². The van der Waals surface area contributed by atoms with Crippen LogP contribution in [0, 0.1) is 13.8 Å². The Bertz CT molecular complexity index is 468. The minimum Gasteiger partial charge on any atom is -0.507 e. The minimum atomic E-state index is 0.401. The van der Waals surface area contributed by atoms with Crippen molar-refractivity contribution >= 4 is 0 Å². The van der Waals surface area contributed by atoms with E-state index in [4.69, 9.17) is 0 Å². The number of phenolic OH excluding ortho intramolecular Hbond substituents is 1. The molecule has 0 aliphatic carbocycles. The normalized spacial score (nSPS) is 10.4. The number of hydrogen-bond acceptors (Lipinski definition) is 2. The van der Waals surface area contributed by atoms with Gasteiger partial charge in [0, 0.05) is 12.4 Å². The van der Waals surface area contributed by atoms with Crippen LogP contribution in [0.25, 0.3) is 0 Å². The number of aryl methyl sites for hydroxylation is 2. The fraction of sp³-hybridized carbons (Fsp3) is 0.214. The lowest BCUT2D eigenvalue weighted by atomic mass is 10.0. The van der Waals surface area contributed by atoms with Gasteiger partial charge in [-0.1, -0.05) is 12.1 Å². The Morgan fingerprint density at radius 3 is 2.12 bits per heavy atom. The van der Waals surface area contributed by atoms with Crippen LogP contribution in [0.4, 0.5) is 0 Å². The SMILES string of the molecule is Cc1cc(Cc2ccncc2)cc(C)c1O. The molecule has 2 heteroatoms. The number of nitrogens with zero attached hydrogens (tertiary/aromatic N) is 1. The largest absolute Gasteiger partial charge is 0.507 e. The highest BCUT2D eigenvalue weighted by Gasteiger charge is 2.03. The van der Waals surface area contributed by atoms with Crippen LogP contribution in [-0.4, -0.2) is 10.1 Å². The highest BCUT2D eigenvalue weighted by Crippen LogP contribution is 2.24. The van der Waals surface area contributed by atoms with Gasteiger partial charge in [0.1, 0.15) is 5.75 Å². The van der Waals surface area contributed by atoms with Gasteiger partial charge in [-0.3, -0.25) is 4.98 Å². The molecule has 2 aromatic rings. The van der Waals surface area contributed by atoms with Crippen LogP contribution in [0.15, 0.2) is 36.7 Å². The van der Waals surface area contributed by atoms with Crippen LogP contribution in [0.2, 0.25) is 0 Å². The van der Waals surface area contributed by atoms with Crippen molar-refractivity contribution in [2.45, 2.75) is 20.3 Å². The van der Waals surface area contributed by atoms with Gasteiger partial charge in [-0.25, -0.2) is 0 Å². The molecule has 2 rings (SSSR count). The van der Waals surface area contributed by atoms with Gasteiger partial charge in [-0.15, -0.1) is 0 Å². The molecule has 0 aliphatic rings. The zero-order valence-corrected chi connectivity index (χ0v) is 9.57. The van der Waals surface area contributed by atoms with E-state index in [0.29, 0.717) is 5.75 Å². The van der Waals surface area contributed by atoms with Crippen molar-refractivity contribution in [2.24, 2.45) is 0 Å². The van der Waals surface area contributed by atoms with E-state index in [9.17, 15) is 5.11 Å². The molecule has 0 spiro atoms. The fourth-order valence-electron chi connectivity index (χ4n) is 1.88. The van der Waals surface area contributed by atoms with Crippen molar-refractivity contribution in [3.05, 3.63) is 58.9 Å². The summed E-state index contributed by atoms with van der Waals surface area (Å²) in [5.74, 6) is 0.401. The molecule has 2 nitrogen and oxygen atoms in total. The van der Waals surface area contributed by atoms with E-state index >= 15 is 0 Å². The predicted octanol–water partition coefficient (Wildman–Crippen LogP) is 2.99. The average Bonchev–Trinajstić information content (AvgIpc) is 2.27. The molecular formula is C14H15NO. The van der Waals surface area contributed by atoms with E-state index in [1.165, 1.54) is 11.1 Å². The van der Waals surface area contributed by atoms with E-state index in [1.807, 2.05) is 38.1 Å². The second-order valence-electron chi connectivity index (χ2n) is 4.11. The first-order valence-corrected chi connectivity index (χ1v) is 5.35. The summed E-state index contributed by atoms with van der Waals surface area (Å²) in [4.78, 5) is 4.00. The highest BCUT2D eigenvalue weighted by atomic mass is 16.3. The molecule has 0 saturated heterocycles. The molecule has 0 fully saturated rings. The summed E-state index contributed by atoms with van der Waals surface area (Å²) in [7, 11) is 0. The van der Waals surface area contributed by atoms with Gasteiger partial charge in [0.15, 0.2) is 0 Å². The topological polar surface area (TPSA) is 33.1 Å². The minimum absolute atomic E-state index is 0.401. The summed E-state index contributed by atoms with van der Waals surface area (Å²) < 4.78 is 0. The Hall–Kier alpha value is -1.83. The Balaban J connectivity index is 2.29. The molecule has 0 bridgehead atoms. The Labute approximate surface area is 95.6 Å². The highest BCUT2D eigenvalue weighted by molar-refractivity contribution is 5.43. The standard InChI is InChI=1S/C14H15NO/c1-10-7-13(8-11(2)14(10)16)9-12-3-5-15-6-4-12/h3-8,16H,9H2,1-2H3. The van der Waals surface area contributed by atoms with Crippen molar-refractivity contribution in [1.29, 1.82) is 0 Å². The van der Waals surface area contributed by atoms with E-state index in [2.05, 4.69) is 4.98 Å². The van der Waals surface area contributed by atoms with Gasteiger partial charge in [0.25, 0.3) is 0 Å². The van der Waals surface area contributed by atoms with Gasteiger partial charge in [0.05, 0.1) is 0 Å². The molecule has 0 amide bonds. The molecule has 0 unspecified atom stereocenters. The molecule has 1 aromatic carbocycles. The molecule has 0 saturated carbocycles. The lowest BCUT2D eigenvalue weighted by molar-refractivity contribution is 0.466. The number of hydrogen-bond donors (Lipinski definition) is 1. The van der Waals surface area contributed by atoms with Crippen molar-refractivity contribution in [1.82, 2.24) is 4.98 Å². The lowest BCUT2D eigenvalue weighted by Gasteiger charge is -2.07. The summed E-state index contributed by atoms with van der Waals surface area (Å²) in [5, 5.41) is 9.69. The summed E-state index contributed by atoms with van der Waals surface area (Å²) in [5.41, 5.74) is 4.33. The van der Waals surface area contributed by atoms with Crippen LogP contribution < -0.4 is 0 Å². The summed E-state index contributed by atoms with van der Waals surface area (Å²) >= 11 is 0. The van der Waals surface area contributed by atoms with Crippen LogP contribution in [0.3, 0.4) is 0 Å². The maximum atomic E-state index is 9.69. The molecular weight excluding hydrogens is 198 g/mol. The predicted molar refractivity (Wildman–Crippen MR) is 64.6 cm³/mol. The average molecular weight is 213 g/mol. The van der Waals surface area contributed by atoms with Gasteiger partial charge in [-0.05, 0) is 54.7 Å². The third-order valence-corrected chi connectivity index (χ3v) is 2.71. The van der Waals surface area contributed by atoms with Crippen molar-refractivity contribution in [3.8, 4) is 5.75 Å². The molecule has 0 aliphatic heterocycles. The third kappa shape index (κ3) is 2.22. The zero-order valence-electron chi connectivity index (χ0n) is 9.57. The van der Waals surface area contributed by atoms with Crippen LogP contribution in [0.5, 0.6) is 5.75 Å². The van der Waals surface area contributed by atoms with Gasteiger partial charge >= 0.3 is 0 Å². The van der Waals surface area contributed by atoms with Crippen LogP contribution >= 0.6 is 0 Å². The van der Waals surface area contributed by atoms with Crippen LogP contribution in [-0.2, 0) is 6.42 Å². The number of benzene rings is 1. The fourth-order valence-corrected chi connectivity index (χ4v) is 1.88. The number of aromatic hydroxyl groups is 1. The van der Waals surface area contributed by atoms with Gasteiger partial charge < -0.3 is 5.11 Å². The first-order valence-electron chi connectivity index (χ1n) is 5.35. The monoisotopic (exact) mass is 213 g/mol. The molecule has 0 radical (unpaired) electrons. The molecule has 1 N–H and O–H groups in total. The second kappa shape index (κ2) is 4.35. The quantitative estimate of drug-likeness (QED) is 0.831. The summed E-state index contributed by atoms with van der Waals surface area (Å²) in [6.45, 7) is 3.86. The maximum Gasteiger partial charge on any atom is 0.121 e. The number of phenols is 1. The Morgan fingerprint density at radius 2 is 1.56 bits per heavy atom. The summed E-state index contributed by atoms with van der Waals surface area (Å²) in [6.07, 6.45) is 4.48. The van der Waals surface area contributed by atoms with Crippen molar-refractivity contribution in [2.75, 3.05) is 0 Å². The second-order valence-corrected chi connectivity index (χ2v) is 4.11.